The fourth-order valence-corrected chi connectivity index (χ4v) is 3.54. The Kier molecular flexibility index (Phi) is 2.09. The second-order valence-electron chi connectivity index (χ2n) is 5.66. The maximum atomic E-state index is 13.0. The Hall–Kier alpha value is -2.81. The Morgan fingerprint density at radius 1 is 0.727 bits per heavy atom. The van der Waals surface area contributed by atoms with Gasteiger partial charge in [-0.15, -0.1) is 0 Å². The summed E-state index contributed by atoms with van der Waals surface area (Å²) >= 11 is 0. The average molecular weight is 279 g/mol. The van der Waals surface area contributed by atoms with Gasteiger partial charge in [0.05, 0.1) is 11.0 Å². The normalized spacial score (nSPS) is 12.0. The van der Waals surface area contributed by atoms with Crippen LogP contribution in [0.25, 0.3) is 38.0 Å². The molecule has 0 saturated carbocycles. The van der Waals surface area contributed by atoms with E-state index in [1.54, 1.807) is 0 Å². The summed E-state index contributed by atoms with van der Waals surface area (Å²) in [6.45, 7) is 0. The fourth-order valence-electron chi connectivity index (χ4n) is 3.54. The topological polar surface area (TPSA) is 21.5 Å². The maximum absolute atomic E-state index is 13.0. The van der Waals surface area contributed by atoms with E-state index in [1.165, 1.54) is 0 Å². The van der Waals surface area contributed by atoms with Crippen LogP contribution in [0, 0.1) is 0 Å². The number of pyridine rings is 1. The molecule has 0 aliphatic rings. The number of nitrogens with zero attached hydrogens (tertiary/aromatic N) is 1. The second kappa shape index (κ2) is 3.89. The van der Waals surface area contributed by atoms with Crippen molar-refractivity contribution in [3.63, 3.8) is 0 Å². The van der Waals surface area contributed by atoms with E-state index in [0.29, 0.717) is 5.46 Å². The largest absolute Gasteiger partial charge is 0.275 e. The van der Waals surface area contributed by atoms with Crippen molar-refractivity contribution in [2.24, 2.45) is 0 Å². The first-order chi connectivity index (χ1) is 10.8. The third-order valence-corrected chi connectivity index (χ3v) is 4.46. The molecule has 0 atom stereocenters. The number of hydrogen-bond acceptors (Lipinski definition) is 1. The van der Waals surface area contributed by atoms with Crippen LogP contribution in [0.5, 0.6) is 0 Å². The van der Waals surface area contributed by atoms with Crippen LogP contribution in [-0.2, 0) is 0 Å². The molecular weight excluding hydrogens is 269 g/mol. The minimum Gasteiger partial charge on any atom is -0.275 e. The van der Waals surface area contributed by atoms with Crippen molar-refractivity contribution in [3.05, 3.63) is 71.0 Å². The Balaban J connectivity index is 2.29. The standard InChI is InChI=1S/C19H10BNO/c20-11-8-9-17-16(10-11)14-7-3-6-13-12-4-1-2-5-15(12)19(22)21(17)18(13)14/h1-10H. The van der Waals surface area contributed by atoms with Crippen LogP contribution in [0.4, 0.5) is 0 Å². The third kappa shape index (κ3) is 1.29. The van der Waals surface area contributed by atoms with Gasteiger partial charge < -0.3 is 0 Å². The van der Waals surface area contributed by atoms with E-state index in [0.717, 1.165) is 38.0 Å². The first-order valence-corrected chi connectivity index (χ1v) is 7.22. The summed E-state index contributed by atoms with van der Waals surface area (Å²) in [6.07, 6.45) is 0. The van der Waals surface area contributed by atoms with Crippen molar-refractivity contribution in [2.75, 3.05) is 0 Å². The Bertz CT molecular complexity index is 1250. The summed E-state index contributed by atoms with van der Waals surface area (Å²) in [7, 11) is 5.94. The van der Waals surface area contributed by atoms with Gasteiger partial charge in [0.2, 0.25) is 0 Å². The van der Waals surface area contributed by atoms with Crippen LogP contribution in [-0.4, -0.2) is 12.2 Å². The van der Waals surface area contributed by atoms with Gasteiger partial charge >= 0.3 is 0 Å². The predicted octanol–water partition coefficient (Wildman–Crippen LogP) is 2.99. The predicted molar refractivity (Wildman–Crippen MR) is 92.8 cm³/mol. The summed E-state index contributed by atoms with van der Waals surface area (Å²) < 4.78 is 1.82. The molecule has 5 rings (SSSR count). The Morgan fingerprint density at radius 2 is 1.41 bits per heavy atom. The summed E-state index contributed by atoms with van der Waals surface area (Å²) in [5.41, 5.74) is 2.63. The van der Waals surface area contributed by atoms with Crippen molar-refractivity contribution in [1.82, 2.24) is 4.40 Å². The minimum absolute atomic E-state index is 0.0269. The quantitative estimate of drug-likeness (QED) is 0.315. The zero-order valence-corrected chi connectivity index (χ0v) is 11.7. The lowest BCUT2D eigenvalue weighted by atomic mass is 9.94. The Morgan fingerprint density at radius 3 is 2.23 bits per heavy atom. The summed E-state index contributed by atoms with van der Waals surface area (Å²) in [5, 5.41) is 4.95. The van der Waals surface area contributed by atoms with Crippen LogP contribution in [0.2, 0.25) is 0 Å². The smallest absolute Gasteiger partial charge is 0.263 e. The maximum Gasteiger partial charge on any atom is 0.263 e. The van der Waals surface area contributed by atoms with Crippen LogP contribution >= 0.6 is 0 Å². The van der Waals surface area contributed by atoms with Gasteiger partial charge in [0.15, 0.2) is 0 Å². The first-order valence-electron chi connectivity index (χ1n) is 7.22. The highest BCUT2D eigenvalue weighted by Crippen LogP contribution is 2.33. The van der Waals surface area contributed by atoms with Gasteiger partial charge in [0.1, 0.15) is 7.85 Å². The fraction of sp³-hybridized carbons (Fsp3) is 0. The molecule has 2 aromatic heterocycles. The molecule has 2 nitrogen and oxygen atoms in total. The lowest BCUT2D eigenvalue weighted by molar-refractivity contribution is 1.21. The zero-order chi connectivity index (χ0) is 14.8. The van der Waals surface area contributed by atoms with E-state index in [9.17, 15) is 4.79 Å². The van der Waals surface area contributed by atoms with Crippen LogP contribution < -0.4 is 11.0 Å². The number of rotatable bonds is 0. The number of para-hydroxylation sites is 1. The van der Waals surface area contributed by atoms with E-state index >= 15 is 0 Å². The Labute approximate surface area is 127 Å². The molecule has 0 amide bonds. The van der Waals surface area contributed by atoms with Gasteiger partial charge in [-0.1, -0.05) is 54.0 Å². The molecule has 22 heavy (non-hydrogen) atoms. The highest BCUT2D eigenvalue weighted by Gasteiger charge is 2.16. The van der Waals surface area contributed by atoms with Crippen molar-refractivity contribution >= 4 is 51.3 Å². The number of aromatic nitrogens is 1. The molecule has 0 N–H and O–H groups in total. The highest BCUT2D eigenvalue weighted by molar-refractivity contribution is 6.34. The van der Waals surface area contributed by atoms with Crippen molar-refractivity contribution in [3.8, 4) is 0 Å². The van der Waals surface area contributed by atoms with Gasteiger partial charge in [-0.25, -0.2) is 0 Å². The summed E-state index contributed by atoms with van der Waals surface area (Å²) in [6, 6.07) is 19.7. The molecule has 0 aliphatic heterocycles. The zero-order valence-electron chi connectivity index (χ0n) is 11.7. The minimum atomic E-state index is 0.0269. The highest BCUT2D eigenvalue weighted by atomic mass is 16.1. The SMILES string of the molecule is [B]c1ccc2c(c1)c1cccc3c4ccccc4c(=O)n2c31. The van der Waals surface area contributed by atoms with E-state index < -0.39 is 0 Å². The molecule has 3 heteroatoms. The number of hydrogen-bond donors (Lipinski definition) is 0. The molecule has 100 valence electrons. The monoisotopic (exact) mass is 279 g/mol. The van der Waals surface area contributed by atoms with E-state index in [2.05, 4.69) is 12.1 Å². The van der Waals surface area contributed by atoms with E-state index in [-0.39, 0.29) is 5.56 Å². The van der Waals surface area contributed by atoms with E-state index in [1.807, 2.05) is 52.9 Å². The van der Waals surface area contributed by atoms with Gasteiger partial charge in [0, 0.05) is 21.5 Å². The van der Waals surface area contributed by atoms with Crippen LogP contribution in [0.15, 0.2) is 65.5 Å². The molecule has 0 fully saturated rings. The van der Waals surface area contributed by atoms with Crippen molar-refractivity contribution in [2.45, 2.75) is 0 Å². The average Bonchev–Trinajstić information content (AvgIpc) is 2.88. The van der Waals surface area contributed by atoms with Gasteiger partial charge in [-0.2, -0.15) is 0 Å². The molecular formula is C19H10BNO. The number of benzene rings is 3. The lowest BCUT2D eigenvalue weighted by Gasteiger charge is -2.05. The van der Waals surface area contributed by atoms with E-state index in [4.69, 9.17) is 7.85 Å². The van der Waals surface area contributed by atoms with Gasteiger partial charge in [-0.05, 0) is 17.5 Å². The van der Waals surface area contributed by atoms with Crippen molar-refractivity contribution in [1.29, 1.82) is 0 Å². The van der Waals surface area contributed by atoms with Crippen molar-refractivity contribution < 1.29 is 0 Å². The third-order valence-electron chi connectivity index (χ3n) is 4.46. The molecule has 3 aromatic carbocycles. The molecule has 2 heterocycles. The second-order valence-corrected chi connectivity index (χ2v) is 5.66. The molecule has 0 spiro atoms. The lowest BCUT2D eigenvalue weighted by Crippen LogP contribution is -2.13. The van der Waals surface area contributed by atoms with Crippen LogP contribution in [0.1, 0.15) is 0 Å². The summed E-state index contributed by atoms with van der Waals surface area (Å²) in [4.78, 5) is 13.0. The summed E-state index contributed by atoms with van der Waals surface area (Å²) in [5.74, 6) is 0. The van der Waals surface area contributed by atoms with Gasteiger partial charge in [-0.3, -0.25) is 9.20 Å². The first kappa shape index (κ1) is 11.8. The molecule has 0 saturated heterocycles. The number of fused-ring (bicyclic) bond motifs is 5. The molecule has 5 aromatic rings. The van der Waals surface area contributed by atoms with Gasteiger partial charge in [0.25, 0.3) is 5.56 Å². The molecule has 0 unspecified atom stereocenters. The molecule has 0 aliphatic carbocycles. The molecule has 2 radical (unpaired) electrons. The van der Waals surface area contributed by atoms with Crippen LogP contribution in [0.3, 0.4) is 0 Å². The molecule has 0 bridgehead atoms.